The van der Waals surface area contributed by atoms with Crippen LogP contribution in [0, 0.1) is 0 Å². The number of ether oxygens (including phenoxy) is 2. The van der Waals surface area contributed by atoms with Crippen LogP contribution in [0.2, 0.25) is 0 Å². The minimum atomic E-state index is -0.331. The Morgan fingerprint density at radius 1 is 1.22 bits per heavy atom. The summed E-state index contributed by atoms with van der Waals surface area (Å²) < 4.78 is 10.7. The molecular formula is C18H30N2O3. The van der Waals surface area contributed by atoms with Gasteiger partial charge >= 0.3 is 5.97 Å². The Kier molecular flexibility index (Phi) is 9.33. The zero-order valence-corrected chi connectivity index (χ0v) is 14.6. The summed E-state index contributed by atoms with van der Waals surface area (Å²) in [7, 11) is 1.58. The normalized spacial score (nSPS) is 10.8. The number of carbonyl (C=O) groups excluding carboxylic acids is 1. The average Bonchev–Trinajstić information content (AvgIpc) is 2.58. The summed E-state index contributed by atoms with van der Waals surface area (Å²) >= 11 is 0. The third-order valence-corrected chi connectivity index (χ3v) is 3.94. The van der Waals surface area contributed by atoms with E-state index in [-0.39, 0.29) is 5.97 Å². The number of carbonyl (C=O) groups is 1. The van der Waals surface area contributed by atoms with E-state index in [0.29, 0.717) is 24.5 Å². The lowest BCUT2D eigenvalue weighted by atomic mass is 10.0. The van der Waals surface area contributed by atoms with Crippen molar-refractivity contribution in [3.63, 3.8) is 0 Å². The lowest BCUT2D eigenvalue weighted by Gasteiger charge is -2.17. The van der Waals surface area contributed by atoms with Gasteiger partial charge in [0.25, 0.3) is 0 Å². The molecule has 1 aromatic rings. The van der Waals surface area contributed by atoms with Crippen molar-refractivity contribution in [3.8, 4) is 5.75 Å². The highest BCUT2D eigenvalue weighted by Gasteiger charge is 2.14. The van der Waals surface area contributed by atoms with Crippen LogP contribution in [0.1, 0.15) is 42.6 Å². The molecule has 0 saturated heterocycles. The molecule has 0 spiro atoms. The van der Waals surface area contributed by atoms with Gasteiger partial charge < -0.3 is 20.1 Å². The van der Waals surface area contributed by atoms with Crippen molar-refractivity contribution >= 4 is 5.97 Å². The molecule has 0 aromatic heterocycles. The molecule has 0 atom stereocenters. The standard InChI is InChI=1S/C18H30N2O3/c1-4-20(5-2)12-13-23-18(21)16-10-9-15(8-6-7-11-19)14-17(16)22-3/h9-10,14H,4-8,11-13,19H2,1-3H3. The minimum absolute atomic E-state index is 0.331. The molecular weight excluding hydrogens is 292 g/mol. The number of aryl methyl sites for hydroxylation is 1. The summed E-state index contributed by atoms with van der Waals surface area (Å²) in [4.78, 5) is 14.4. The Hall–Kier alpha value is -1.59. The van der Waals surface area contributed by atoms with Crippen molar-refractivity contribution in [2.24, 2.45) is 5.73 Å². The van der Waals surface area contributed by atoms with Crippen molar-refractivity contribution in [1.82, 2.24) is 4.90 Å². The van der Waals surface area contributed by atoms with Crippen molar-refractivity contribution in [3.05, 3.63) is 29.3 Å². The molecule has 130 valence electrons. The van der Waals surface area contributed by atoms with Crippen LogP contribution in [0.3, 0.4) is 0 Å². The van der Waals surface area contributed by atoms with Gasteiger partial charge in [-0.1, -0.05) is 19.9 Å². The number of likely N-dealkylation sites (N-methyl/N-ethyl adjacent to an activating group) is 1. The quantitative estimate of drug-likeness (QED) is 0.501. The molecule has 0 heterocycles. The monoisotopic (exact) mass is 322 g/mol. The predicted octanol–water partition coefficient (Wildman–Crippen LogP) is 2.48. The number of methoxy groups -OCH3 is 1. The molecule has 1 aromatic carbocycles. The highest BCUT2D eigenvalue weighted by atomic mass is 16.5. The number of unbranched alkanes of at least 4 members (excludes halogenated alkanes) is 1. The van der Waals surface area contributed by atoms with E-state index < -0.39 is 0 Å². The van der Waals surface area contributed by atoms with Gasteiger partial charge in [-0.05, 0) is 56.6 Å². The fourth-order valence-corrected chi connectivity index (χ4v) is 2.42. The Bertz CT molecular complexity index is 473. The fraction of sp³-hybridized carbons (Fsp3) is 0.611. The maximum atomic E-state index is 12.2. The molecule has 0 radical (unpaired) electrons. The Balaban J connectivity index is 2.61. The summed E-state index contributed by atoms with van der Waals surface area (Å²) in [6.45, 7) is 7.94. The van der Waals surface area contributed by atoms with Gasteiger partial charge in [-0.3, -0.25) is 0 Å². The molecule has 2 N–H and O–H groups in total. The second kappa shape index (κ2) is 11.0. The molecule has 0 saturated carbocycles. The lowest BCUT2D eigenvalue weighted by Crippen LogP contribution is -2.28. The maximum Gasteiger partial charge on any atom is 0.341 e. The molecule has 0 fully saturated rings. The second-order valence-electron chi connectivity index (χ2n) is 5.44. The zero-order chi connectivity index (χ0) is 17.1. The molecule has 0 bridgehead atoms. The van der Waals surface area contributed by atoms with Gasteiger partial charge in [0.15, 0.2) is 0 Å². The summed E-state index contributed by atoms with van der Waals surface area (Å²) in [5, 5.41) is 0. The third kappa shape index (κ3) is 6.59. The van der Waals surface area contributed by atoms with Gasteiger partial charge in [-0.25, -0.2) is 4.79 Å². The molecule has 5 nitrogen and oxygen atoms in total. The fourth-order valence-electron chi connectivity index (χ4n) is 2.42. The van der Waals surface area contributed by atoms with Crippen LogP contribution in [-0.4, -0.2) is 50.8 Å². The van der Waals surface area contributed by atoms with E-state index in [0.717, 1.165) is 44.5 Å². The summed E-state index contributed by atoms with van der Waals surface area (Å²) in [5.74, 6) is 0.241. The van der Waals surface area contributed by atoms with Crippen LogP contribution >= 0.6 is 0 Å². The number of benzene rings is 1. The molecule has 0 aliphatic rings. The lowest BCUT2D eigenvalue weighted by molar-refractivity contribution is 0.0463. The van der Waals surface area contributed by atoms with E-state index in [1.54, 1.807) is 13.2 Å². The number of nitrogens with zero attached hydrogens (tertiary/aromatic N) is 1. The molecule has 0 amide bonds. The van der Waals surface area contributed by atoms with E-state index in [9.17, 15) is 4.79 Å². The highest BCUT2D eigenvalue weighted by molar-refractivity contribution is 5.92. The largest absolute Gasteiger partial charge is 0.496 e. The SMILES string of the molecule is CCN(CC)CCOC(=O)c1ccc(CCCCN)cc1OC. The number of nitrogens with two attached hydrogens (primary N) is 1. The van der Waals surface area contributed by atoms with Crippen molar-refractivity contribution < 1.29 is 14.3 Å². The molecule has 1 rings (SSSR count). The Labute approximate surface area is 139 Å². The summed E-state index contributed by atoms with van der Waals surface area (Å²) in [6, 6.07) is 5.66. The first-order chi connectivity index (χ1) is 11.2. The Morgan fingerprint density at radius 2 is 1.96 bits per heavy atom. The molecule has 0 aliphatic carbocycles. The second-order valence-corrected chi connectivity index (χ2v) is 5.44. The van der Waals surface area contributed by atoms with Gasteiger partial charge in [0.1, 0.15) is 17.9 Å². The van der Waals surface area contributed by atoms with Crippen LogP contribution in [0.4, 0.5) is 0 Å². The predicted molar refractivity (Wildman–Crippen MR) is 93.1 cm³/mol. The van der Waals surface area contributed by atoms with E-state index >= 15 is 0 Å². The first-order valence-corrected chi connectivity index (χ1v) is 8.42. The topological polar surface area (TPSA) is 64.8 Å². The van der Waals surface area contributed by atoms with E-state index in [1.165, 1.54) is 0 Å². The van der Waals surface area contributed by atoms with Gasteiger partial charge in [0.2, 0.25) is 0 Å². The maximum absolute atomic E-state index is 12.2. The smallest absolute Gasteiger partial charge is 0.341 e. The number of esters is 1. The number of hydrogen-bond donors (Lipinski definition) is 1. The van der Waals surface area contributed by atoms with Gasteiger partial charge in [-0.2, -0.15) is 0 Å². The molecule has 0 aliphatic heterocycles. The zero-order valence-electron chi connectivity index (χ0n) is 14.6. The first kappa shape index (κ1) is 19.5. The van der Waals surface area contributed by atoms with Crippen LogP contribution in [-0.2, 0) is 11.2 Å². The van der Waals surface area contributed by atoms with Crippen molar-refractivity contribution in [2.75, 3.05) is 39.9 Å². The van der Waals surface area contributed by atoms with Gasteiger partial charge in [-0.15, -0.1) is 0 Å². The van der Waals surface area contributed by atoms with Gasteiger partial charge in [0.05, 0.1) is 7.11 Å². The molecule has 23 heavy (non-hydrogen) atoms. The average molecular weight is 322 g/mol. The number of rotatable bonds is 11. The minimum Gasteiger partial charge on any atom is -0.496 e. The van der Waals surface area contributed by atoms with Crippen LogP contribution in [0.15, 0.2) is 18.2 Å². The molecule has 0 unspecified atom stereocenters. The first-order valence-electron chi connectivity index (χ1n) is 8.42. The van der Waals surface area contributed by atoms with Crippen LogP contribution in [0.5, 0.6) is 5.75 Å². The van der Waals surface area contributed by atoms with E-state index in [1.807, 2.05) is 12.1 Å². The van der Waals surface area contributed by atoms with Crippen molar-refractivity contribution in [2.45, 2.75) is 33.1 Å². The highest BCUT2D eigenvalue weighted by Crippen LogP contribution is 2.22. The summed E-state index contributed by atoms with van der Waals surface area (Å²) in [6.07, 6.45) is 2.97. The van der Waals surface area contributed by atoms with E-state index in [4.69, 9.17) is 15.2 Å². The number of hydrogen-bond acceptors (Lipinski definition) is 5. The van der Waals surface area contributed by atoms with Crippen LogP contribution < -0.4 is 10.5 Å². The Morgan fingerprint density at radius 3 is 2.57 bits per heavy atom. The van der Waals surface area contributed by atoms with Crippen LogP contribution in [0.25, 0.3) is 0 Å². The third-order valence-electron chi connectivity index (χ3n) is 3.94. The van der Waals surface area contributed by atoms with E-state index in [2.05, 4.69) is 18.7 Å². The molecule has 5 heteroatoms. The van der Waals surface area contributed by atoms with Gasteiger partial charge in [0, 0.05) is 6.54 Å². The summed E-state index contributed by atoms with van der Waals surface area (Å²) in [5.41, 5.74) is 7.14. The van der Waals surface area contributed by atoms with Crippen molar-refractivity contribution in [1.29, 1.82) is 0 Å².